The molecule has 0 amide bonds. The van der Waals surface area contributed by atoms with E-state index in [-0.39, 0.29) is 77.2 Å². The smallest absolute Gasteiger partial charge is 0.189 e. The number of hydrogen-bond acceptors (Lipinski definition) is 10. The fraction of sp³-hybridized carbons (Fsp3) is 0.533. The number of nitrogens with one attached hydrogen (secondary N) is 2. The van der Waals surface area contributed by atoms with Crippen LogP contribution in [0, 0.1) is 64.1 Å². The zero-order chi connectivity index (χ0) is 49.6. The van der Waals surface area contributed by atoms with Gasteiger partial charge in [-0.05, 0) is 166 Å². The number of anilines is 1. The van der Waals surface area contributed by atoms with Crippen LogP contribution < -0.4 is 16.4 Å². The lowest BCUT2D eigenvalue weighted by molar-refractivity contribution is 0.0241. The molecule has 4 heterocycles. The second-order valence-electron chi connectivity index (χ2n) is 22.7. The van der Waals surface area contributed by atoms with Gasteiger partial charge in [-0.25, -0.2) is 4.99 Å². The molecule has 4 fully saturated rings. The first-order chi connectivity index (χ1) is 34.9. The second-order valence-corrected chi connectivity index (χ2v) is 24.9. The summed E-state index contributed by atoms with van der Waals surface area (Å²) in [6.07, 6.45) is 16.8. The molecule has 72 heavy (non-hydrogen) atoms. The number of carbonyl (C=O) groups excluding carboxylic acids is 1. The van der Waals surface area contributed by atoms with Gasteiger partial charge in [-0.2, -0.15) is 0 Å². The molecule has 2 spiro atoms. The standard InChI is InChI=1S/C60H70N6O4S2/c1-3-9-46-17-20-53(71-46)54-21-22-55(72-54)56(69)49-19-16-40-30-59(49)31-50(60(34-59)23-8-12-42(60)33-67)38-15-18-47-41(26-51(40)66-57(61)65-43-13-5-4-6-14-43)25-45(68)28-52(47)63-35-58(2,70)29-39-11-7-10-37(24-38)48(39)27-44-32-62-36-64-44/h7,10-11,17,20-22,25,28,32,38,40,42-43,49-51,63,67-68,70H,4-6,8,12-14,16,19,23-24,26-27,29-31,33-36H2,1-2H3,(H3,61,65,66). The maximum atomic E-state index is 15.7. The highest BCUT2D eigenvalue weighted by Gasteiger charge is 2.64. The summed E-state index contributed by atoms with van der Waals surface area (Å²) >= 11 is 3.28. The van der Waals surface area contributed by atoms with E-state index in [1.54, 1.807) is 28.7 Å². The van der Waals surface area contributed by atoms with E-state index in [1.807, 2.05) is 26.1 Å². The van der Waals surface area contributed by atoms with Gasteiger partial charge in [0.1, 0.15) is 12.4 Å². The molecule has 4 saturated carbocycles. The van der Waals surface area contributed by atoms with Crippen molar-refractivity contribution < 1.29 is 20.1 Å². The molecule has 7 N–H and O–H groups in total. The number of benzene rings is 2. The van der Waals surface area contributed by atoms with Gasteiger partial charge in [0.15, 0.2) is 11.7 Å². The number of fused-ring (bicyclic) bond motifs is 7. The molecule has 2 aromatic heterocycles. The minimum absolute atomic E-state index is 0.0772. The van der Waals surface area contributed by atoms with Crippen molar-refractivity contribution in [1.82, 2.24) is 5.32 Å². The van der Waals surface area contributed by atoms with Gasteiger partial charge in [-0.3, -0.25) is 14.8 Å². The van der Waals surface area contributed by atoms with Gasteiger partial charge in [0, 0.05) is 65.9 Å². The van der Waals surface area contributed by atoms with Crippen molar-refractivity contribution in [2.24, 2.45) is 61.1 Å². The Morgan fingerprint density at radius 3 is 2.64 bits per heavy atom. The SMILES string of the molecule is CC#Cc1ccc(-c2ccc(C(=O)C3CCC4CC35CC(C3C#Cc6c(cc(O)cc6NCC(C)(O)Cc6cccc(c6CC6=NCN=C6)C3)CC4N=C(N)NC3CCCCC3)C3(CCCC3CO)C5)s2)s1. The molecule has 0 saturated heterocycles. The minimum Gasteiger partial charge on any atom is -0.508 e. The van der Waals surface area contributed by atoms with Crippen molar-refractivity contribution in [3.8, 4) is 39.2 Å². The number of aliphatic hydroxyl groups excluding tert-OH is 1. The van der Waals surface area contributed by atoms with E-state index in [0.29, 0.717) is 44.0 Å². The number of Topliss-reactive ketones (excluding diaryl/α,β-unsaturated/α-hetero) is 1. The average Bonchev–Trinajstić information content (AvgIpc) is 4.23. The Labute approximate surface area is 433 Å². The van der Waals surface area contributed by atoms with Gasteiger partial charge in [0.2, 0.25) is 0 Å². The molecular weight excluding hydrogens is 933 g/mol. The summed E-state index contributed by atoms with van der Waals surface area (Å²) < 4.78 is 0. The molecule has 9 atom stereocenters. The van der Waals surface area contributed by atoms with Crippen LogP contribution in [0.15, 0.2) is 69.6 Å². The van der Waals surface area contributed by atoms with Crippen LogP contribution in [-0.4, -0.2) is 76.5 Å². The quantitative estimate of drug-likeness (QED) is 0.0443. The number of aliphatic imine (C=N–C) groups is 3. The van der Waals surface area contributed by atoms with Crippen molar-refractivity contribution in [3.63, 3.8) is 0 Å². The summed E-state index contributed by atoms with van der Waals surface area (Å²) in [5, 5.41) is 42.7. The Morgan fingerprint density at radius 1 is 0.986 bits per heavy atom. The maximum absolute atomic E-state index is 15.7. The van der Waals surface area contributed by atoms with E-state index < -0.39 is 5.60 Å². The lowest BCUT2D eigenvalue weighted by Crippen LogP contribution is -2.45. The predicted octanol–water partition coefficient (Wildman–Crippen LogP) is 10.1. The number of aromatic hydroxyl groups is 1. The number of phenols is 1. The zero-order valence-electron chi connectivity index (χ0n) is 41.9. The van der Waals surface area contributed by atoms with E-state index in [2.05, 4.69) is 81.8 Å². The summed E-state index contributed by atoms with van der Waals surface area (Å²) in [7, 11) is 0. The fourth-order valence-corrected chi connectivity index (χ4v) is 16.9. The molecule has 5 aliphatic carbocycles. The molecule has 2 aliphatic heterocycles. The largest absolute Gasteiger partial charge is 0.508 e. The van der Waals surface area contributed by atoms with Gasteiger partial charge in [-0.1, -0.05) is 61.6 Å². The number of ketones is 1. The number of aliphatic hydroxyl groups is 2. The number of phenolic OH excluding ortho intramolecular Hbond substituents is 1. The summed E-state index contributed by atoms with van der Waals surface area (Å²) in [4.78, 5) is 34.4. The highest BCUT2D eigenvalue weighted by Crippen LogP contribution is 2.70. The lowest BCUT2D eigenvalue weighted by Gasteiger charge is -2.47. The highest BCUT2D eigenvalue weighted by molar-refractivity contribution is 7.23. The number of thiophene rings is 2. The Hall–Kier alpha value is -5.24. The highest BCUT2D eigenvalue weighted by atomic mass is 32.1. The number of β-amino-alcohol motifs (C(OH)–C–C–N with tert-alkyl or cyclic N) is 1. The van der Waals surface area contributed by atoms with Crippen molar-refractivity contribution in [2.75, 3.05) is 25.1 Å². The van der Waals surface area contributed by atoms with Gasteiger partial charge in [0.25, 0.3) is 0 Å². The molecule has 9 unspecified atom stereocenters. The summed E-state index contributed by atoms with van der Waals surface area (Å²) in [6, 6.07) is 18.6. The molecule has 12 heteroatoms. The topological polar surface area (TPSA) is 165 Å². The van der Waals surface area contributed by atoms with Crippen molar-refractivity contribution in [2.45, 2.75) is 141 Å². The number of carbonyl (C=O) groups is 1. The van der Waals surface area contributed by atoms with Crippen molar-refractivity contribution in [1.29, 1.82) is 0 Å². The fourth-order valence-electron chi connectivity index (χ4n) is 14.9. The molecule has 376 valence electrons. The molecule has 7 aliphatic rings. The van der Waals surface area contributed by atoms with E-state index >= 15 is 4.79 Å². The molecule has 0 radical (unpaired) electrons. The third-order valence-electron chi connectivity index (χ3n) is 18.1. The molecule has 10 nitrogen and oxygen atoms in total. The van der Waals surface area contributed by atoms with Crippen LogP contribution in [0.25, 0.3) is 9.75 Å². The van der Waals surface area contributed by atoms with Crippen molar-refractivity contribution >= 4 is 52.0 Å². The van der Waals surface area contributed by atoms with E-state index in [1.165, 1.54) is 30.4 Å². The first-order valence-electron chi connectivity index (χ1n) is 26.8. The molecule has 7 bridgehead atoms. The van der Waals surface area contributed by atoms with Crippen LogP contribution in [0.1, 0.15) is 140 Å². The zero-order valence-corrected chi connectivity index (χ0v) is 43.6. The Bertz CT molecular complexity index is 2940. The number of hydrogen-bond donors (Lipinski definition) is 6. The minimum atomic E-state index is -1.16. The Morgan fingerprint density at radius 2 is 1.82 bits per heavy atom. The van der Waals surface area contributed by atoms with Crippen LogP contribution in [-0.2, 0) is 25.7 Å². The van der Waals surface area contributed by atoms with Crippen LogP contribution in [0.2, 0.25) is 0 Å². The summed E-state index contributed by atoms with van der Waals surface area (Å²) in [5.41, 5.74) is 12.0. The normalized spacial score (nSPS) is 31.1. The van der Waals surface area contributed by atoms with E-state index in [0.717, 1.165) is 106 Å². The van der Waals surface area contributed by atoms with Crippen LogP contribution in [0.4, 0.5) is 5.69 Å². The monoisotopic (exact) mass is 1000 g/mol. The first kappa shape index (κ1) is 49.0. The Kier molecular flexibility index (Phi) is 13.8. The van der Waals surface area contributed by atoms with Gasteiger partial charge in [0.05, 0.1) is 38.4 Å². The predicted molar refractivity (Wildman–Crippen MR) is 292 cm³/mol. The van der Waals surface area contributed by atoms with Crippen LogP contribution in [0.3, 0.4) is 0 Å². The number of guanidine groups is 1. The first-order valence-corrected chi connectivity index (χ1v) is 28.4. The number of rotatable bonds is 8. The van der Waals surface area contributed by atoms with Gasteiger partial charge >= 0.3 is 0 Å². The number of nitrogens with two attached hydrogens (primary N) is 1. The molecule has 2 aromatic carbocycles. The van der Waals surface area contributed by atoms with Gasteiger partial charge in [-0.15, -0.1) is 28.6 Å². The van der Waals surface area contributed by atoms with E-state index in [9.17, 15) is 15.3 Å². The van der Waals surface area contributed by atoms with Crippen molar-refractivity contribution in [3.05, 3.63) is 92.2 Å². The van der Waals surface area contributed by atoms with E-state index in [4.69, 9.17) is 15.7 Å². The molecular formula is C60H70N6O4S2. The average molecular weight is 1000 g/mol. The Balaban J connectivity index is 1.09. The second kappa shape index (κ2) is 20.2. The lowest BCUT2D eigenvalue weighted by atomic mass is 9.57. The maximum Gasteiger partial charge on any atom is 0.189 e. The van der Waals surface area contributed by atoms with Crippen LogP contribution in [0.5, 0.6) is 5.75 Å². The molecule has 11 rings (SSSR count). The molecule has 4 aromatic rings. The van der Waals surface area contributed by atoms with Crippen LogP contribution >= 0.6 is 22.7 Å². The third-order valence-corrected chi connectivity index (χ3v) is 20.4. The van der Waals surface area contributed by atoms with Gasteiger partial charge < -0.3 is 31.7 Å². The number of nitrogens with zero attached hydrogens (tertiary/aromatic N) is 3. The summed E-state index contributed by atoms with van der Waals surface area (Å²) in [5.74, 6) is 14.8. The third kappa shape index (κ3) is 9.70. The summed E-state index contributed by atoms with van der Waals surface area (Å²) in [6.45, 7) is 4.51.